The molecule has 0 saturated carbocycles. The van der Waals surface area contributed by atoms with Gasteiger partial charge in [0.2, 0.25) is 0 Å². The summed E-state index contributed by atoms with van der Waals surface area (Å²) < 4.78 is 20.2. The lowest BCUT2D eigenvalue weighted by Gasteiger charge is -2.10. The van der Waals surface area contributed by atoms with Gasteiger partial charge >= 0.3 is 0 Å². The molecule has 1 amide bonds. The quantitative estimate of drug-likeness (QED) is 0.256. The summed E-state index contributed by atoms with van der Waals surface area (Å²) >= 11 is 2.10. The van der Waals surface area contributed by atoms with E-state index in [1.54, 1.807) is 48.5 Å². The van der Waals surface area contributed by atoms with Gasteiger partial charge in [-0.25, -0.2) is 4.39 Å². The number of hydrogen-bond donors (Lipinski definition) is 1. The number of carbonyl (C=O) groups excluding carboxylic acids is 1. The SMILES string of the molecule is Cc1ccc(NC(=O)/C(C#N)=C/c2ccc(OCc3ccccc3F)c(I)c2)cc1. The molecule has 1 N–H and O–H groups in total. The Morgan fingerprint density at radius 2 is 1.90 bits per heavy atom. The van der Waals surface area contributed by atoms with Gasteiger partial charge < -0.3 is 10.1 Å². The normalized spacial score (nSPS) is 10.9. The van der Waals surface area contributed by atoms with Gasteiger partial charge in [-0.15, -0.1) is 0 Å². The van der Waals surface area contributed by atoms with E-state index in [1.807, 2.05) is 25.1 Å². The molecule has 30 heavy (non-hydrogen) atoms. The van der Waals surface area contributed by atoms with Gasteiger partial charge in [-0.2, -0.15) is 5.26 Å². The lowest BCUT2D eigenvalue weighted by molar-refractivity contribution is -0.112. The predicted octanol–water partition coefficient (Wildman–Crippen LogP) is 5.86. The van der Waals surface area contributed by atoms with Gasteiger partial charge in [0.1, 0.15) is 29.8 Å². The number of nitriles is 1. The Morgan fingerprint density at radius 1 is 1.17 bits per heavy atom. The maximum atomic E-state index is 13.7. The molecule has 0 aromatic heterocycles. The Morgan fingerprint density at radius 3 is 2.57 bits per heavy atom. The zero-order valence-corrected chi connectivity index (χ0v) is 18.3. The summed E-state index contributed by atoms with van der Waals surface area (Å²) in [7, 11) is 0. The zero-order valence-electron chi connectivity index (χ0n) is 16.2. The Balaban J connectivity index is 1.71. The average Bonchev–Trinajstić information content (AvgIpc) is 2.74. The second-order valence-corrected chi connectivity index (χ2v) is 7.72. The minimum Gasteiger partial charge on any atom is -0.488 e. The molecular weight excluding hydrogens is 494 g/mol. The number of carbonyl (C=O) groups is 1. The average molecular weight is 512 g/mol. The Bertz CT molecular complexity index is 1130. The molecular formula is C24H18FIN2O2. The summed E-state index contributed by atoms with van der Waals surface area (Å²) in [5.74, 6) is -0.194. The first kappa shape index (κ1) is 21.5. The van der Waals surface area contributed by atoms with Crippen LogP contribution in [0.3, 0.4) is 0 Å². The maximum Gasteiger partial charge on any atom is 0.266 e. The number of rotatable bonds is 6. The third-order valence-electron chi connectivity index (χ3n) is 4.28. The van der Waals surface area contributed by atoms with Crippen LogP contribution in [0.5, 0.6) is 5.75 Å². The molecule has 3 aromatic rings. The van der Waals surface area contributed by atoms with Crippen LogP contribution >= 0.6 is 22.6 Å². The van der Waals surface area contributed by atoms with Gasteiger partial charge in [-0.3, -0.25) is 4.79 Å². The Kier molecular flexibility index (Phi) is 7.20. The lowest BCUT2D eigenvalue weighted by atomic mass is 10.1. The first-order valence-corrected chi connectivity index (χ1v) is 10.2. The fourth-order valence-electron chi connectivity index (χ4n) is 2.65. The van der Waals surface area contributed by atoms with Crippen LogP contribution in [0.4, 0.5) is 10.1 Å². The van der Waals surface area contributed by atoms with E-state index >= 15 is 0 Å². The largest absolute Gasteiger partial charge is 0.488 e. The van der Waals surface area contributed by atoms with Crippen molar-refractivity contribution in [3.05, 3.63) is 98.4 Å². The number of halogens is 2. The molecule has 0 spiro atoms. The van der Waals surface area contributed by atoms with Crippen molar-refractivity contribution in [3.8, 4) is 11.8 Å². The molecule has 0 aliphatic carbocycles. The molecule has 3 rings (SSSR count). The van der Waals surface area contributed by atoms with Crippen molar-refractivity contribution in [1.82, 2.24) is 0 Å². The lowest BCUT2D eigenvalue weighted by Crippen LogP contribution is -2.13. The first-order chi connectivity index (χ1) is 14.5. The summed E-state index contributed by atoms with van der Waals surface area (Å²) in [6.07, 6.45) is 1.52. The van der Waals surface area contributed by atoms with Crippen LogP contribution in [-0.4, -0.2) is 5.91 Å². The van der Waals surface area contributed by atoms with Crippen LogP contribution < -0.4 is 10.1 Å². The molecule has 0 aliphatic rings. The van der Waals surface area contributed by atoms with Crippen molar-refractivity contribution < 1.29 is 13.9 Å². The summed E-state index contributed by atoms with van der Waals surface area (Å²) in [5.41, 5.74) is 2.85. The number of benzene rings is 3. The third-order valence-corrected chi connectivity index (χ3v) is 5.13. The molecule has 0 saturated heterocycles. The summed E-state index contributed by atoms with van der Waals surface area (Å²) in [6, 6.07) is 21.0. The molecule has 3 aromatic carbocycles. The van der Waals surface area contributed by atoms with E-state index in [-0.39, 0.29) is 18.0 Å². The highest BCUT2D eigenvalue weighted by Gasteiger charge is 2.11. The predicted molar refractivity (Wildman–Crippen MR) is 123 cm³/mol. The van der Waals surface area contributed by atoms with E-state index in [9.17, 15) is 14.4 Å². The standard InChI is InChI=1S/C24H18FIN2O2/c1-16-6-9-20(10-7-16)28-24(29)19(14-27)12-17-8-11-23(22(26)13-17)30-15-18-4-2-3-5-21(18)25/h2-13H,15H2,1H3,(H,28,29)/b19-12+. The van der Waals surface area contributed by atoms with Gasteiger partial charge in [0.05, 0.1) is 3.57 Å². The number of aryl methyl sites for hydroxylation is 1. The Labute approximate surface area is 188 Å². The van der Waals surface area contributed by atoms with E-state index in [2.05, 4.69) is 27.9 Å². The van der Waals surface area contributed by atoms with Gasteiger partial charge in [-0.1, -0.05) is 42.0 Å². The van der Waals surface area contributed by atoms with Crippen LogP contribution in [0.2, 0.25) is 0 Å². The molecule has 0 radical (unpaired) electrons. The summed E-state index contributed by atoms with van der Waals surface area (Å²) in [4.78, 5) is 12.4. The summed E-state index contributed by atoms with van der Waals surface area (Å²) in [5, 5.41) is 12.1. The minimum absolute atomic E-state index is 0.00796. The molecule has 6 heteroatoms. The number of ether oxygens (including phenoxy) is 1. The second kappa shape index (κ2) is 10.0. The highest BCUT2D eigenvalue weighted by molar-refractivity contribution is 14.1. The van der Waals surface area contributed by atoms with E-state index in [0.29, 0.717) is 22.6 Å². The van der Waals surface area contributed by atoms with Gasteiger partial charge in [0.15, 0.2) is 0 Å². The molecule has 0 fully saturated rings. The van der Waals surface area contributed by atoms with Crippen molar-refractivity contribution >= 4 is 40.3 Å². The Hall–Kier alpha value is -3.18. The molecule has 0 unspecified atom stereocenters. The number of amides is 1. The van der Waals surface area contributed by atoms with Gasteiger partial charge in [0, 0.05) is 11.3 Å². The molecule has 0 heterocycles. The van der Waals surface area contributed by atoms with Crippen LogP contribution in [-0.2, 0) is 11.4 Å². The van der Waals surface area contributed by atoms with Crippen molar-refractivity contribution in [2.24, 2.45) is 0 Å². The van der Waals surface area contributed by atoms with Crippen LogP contribution in [0.1, 0.15) is 16.7 Å². The van der Waals surface area contributed by atoms with Crippen molar-refractivity contribution in [2.75, 3.05) is 5.32 Å². The maximum absolute atomic E-state index is 13.7. The fourth-order valence-corrected chi connectivity index (χ4v) is 3.34. The summed E-state index contributed by atoms with van der Waals surface area (Å²) in [6.45, 7) is 2.07. The highest BCUT2D eigenvalue weighted by Crippen LogP contribution is 2.25. The van der Waals surface area contributed by atoms with E-state index < -0.39 is 5.91 Å². The second-order valence-electron chi connectivity index (χ2n) is 6.56. The van der Waals surface area contributed by atoms with Gasteiger partial charge in [-0.05, 0) is 71.5 Å². The zero-order chi connectivity index (χ0) is 21.5. The molecule has 0 bridgehead atoms. The molecule has 0 aliphatic heterocycles. The smallest absolute Gasteiger partial charge is 0.266 e. The van der Waals surface area contributed by atoms with E-state index in [0.717, 1.165) is 9.13 Å². The number of hydrogen-bond acceptors (Lipinski definition) is 3. The molecule has 150 valence electrons. The topological polar surface area (TPSA) is 62.1 Å². The first-order valence-electron chi connectivity index (χ1n) is 9.12. The van der Waals surface area contributed by atoms with Gasteiger partial charge in [0.25, 0.3) is 5.91 Å². The minimum atomic E-state index is -0.476. The van der Waals surface area contributed by atoms with Crippen molar-refractivity contribution in [2.45, 2.75) is 13.5 Å². The number of anilines is 1. The number of nitrogens with zero attached hydrogens (tertiary/aromatic N) is 1. The third kappa shape index (κ3) is 5.67. The number of nitrogens with one attached hydrogen (secondary N) is 1. The fraction of sp³-hybridized carbons (Fsp3) is 0.0833. The molecule has 0 atom stereocenters. The van der Waals surface area contributed by atoms with E-state index in [1.165, 1.54) is 12.1 Å². The van der Waals surface area contributed by atoms with Crippen molar-refractivity contribution in [3.63, 3.8) is 0 Å². The van der Waals surface area contributed by atoms with Crippen molar-refractivity contribution in [1.29, 1.82) is 5.26 Å². The molecule has 4 nitrogen and oxygen atoms in total. The van der Waals surface area contributed by atoms with E-state index in [4.69, 9.17) is 4.74 Å². The van der Waals surface area contributed by atoms with Crippen LogP contribution in [0, 0.1) is 27.6 Å². The van der Waals surface area contributed by atoms with Crippen LogP contribution in [0.25, 0.3) is 6.08 Å². The van der Waals surface area contributed by atoms with Crippen LogP contribution in [0.15, 0.2) is 72.3 Å². The monoisotopic (exact) mass is 512 g/mol. The highest BCUT2D eigenvalue weighted by atomic mass is 127.